The lowest BCUT2D eigenvalue weighted by atomic mass is 10.0. The highest BCUT2D eigenvalue weighted by Gasteiger charge is 2.17. The Morgan fingerprint density at radius 1 is 1.50 bits per heavy atom. The van der Waals surface area contributed by atoms with Crippen LogP contribution in [0.25, 0.3) is 0 Å². The monoisotopic (exact) mass is 251 g/mol. The molecule has 0 bridgehead atoms. The number of piperidine rings is 1. The molecule has 1 unspecified atom stereocenters. The van der Waals surface area contributed by atoms with Crippen molar-refractivity contribution in [1.29, 1.82) is 0 Å². The Bertz CT molecular complexity index is 345. The van der Waals surface area contributed by atoms with Gasteiger partial charge in [0.2, 0.25) is 0 Å². The van der Waals surface area contributed by atoms with Gasteiger partial charge in [-0.3, -0.25) is 4.90 Å². The summed E-state index contributed by atoms with van der Waals surface area (Å²) in [4.78, 5) is 6.80. The van der Waals surface area contributed by atoms with E-state index in [-0.39, 0.29) is 0 Å². The predicted octanol–water partition coefficient (Wildman–Crippen LogP) is 2.34. The Morgan fingerprint density at radius 3 is 3.00 bits per heavy atom. The maximum atomic E-state index is 5.28. The molecule has 1 saturated heterocycles. The molecule has 2 rings (SSSR count). The summed E-state index contributed by atoms with van der Waals surface area (Å²) in [5.41, 5.74) is 1.08. The molecule has 0 saturated carbocycles. The molecule has 0 aliphatic carbocycles. The van der Waals surface area contributed by atoms with E-state index < -0.39 is 0 Å². The van der Waals surface area contributed by atoms with Crippen LogP contribution >= 0.6 is 0 Å². The second-order valence-corrected chi connectivity index (χ2v) is 5.24. The molecule has 0 spiro atoms. The minimum atomic E-state index is 0.650. The van der Waals surface area contributed by atoms with Crippen molar-refractivity contribution in [3.8, 4) is 0 Å². The van der Waals surface area contributed by atoms with E-state index in [2.05, 4.69) is 22.1 Å². The molecule has 1 fully saturated rings. The summed E-state index contributed by atoms with van der Waals surface area (Å²) >= 11 is 0. The van der Waals surface area contributed by atoms with E-state index in [1.807, 2.05) is 6.92 Å². The van der Waals surface area contributed by atoms with Gasteiger partial charge in [-0.2, -0.15) is 0 Å². The molecule has 1 aliphatic rings. The third-order valence-electron chi connectivity index (χ3n) is 3.65. The molecule has 18 heavy (non-hydrogen) atoms. The third-order valence-corrected chi connectivity index (χ3v) is 3.65. The lowest BCUT2D eigenvalue weighted by Gasteiger charge is -2.30. The smallest absolute Gasteiger partial charge is 0.181 e. The Morgan fingerprint density at radius 2 is 2.39 bits per heavy atom. The first-order chi connectivity index (χ1) is 8.79. The standard InChI is InChI=1S/C14H25N3O/c1-3-8-17(9-13-6-4-5-7-15-13)10-14-12(2)18-11-16-14/h11,13,15H,3-10H2,1-2H3. The van der Waals surface area contributed by atoms with Crippen molar-refractivity contribution in [2.24, 2.45) is 0 Å². The Balaban J connectivity index is 1.88. The number of hydrogen-bond acceptors (Lipinski definition) is 4. The number of oxazole rings is 1. The normalized spacial score (nSPS) is 20.5. The van der Waals surface area contributed by atoms with E-state index in [4.69, 9.17) is 4.42 Å². The van der Waals surface area contributed by atoms with Crippen LogP contribution in [0.3, 0.4) is 0 Å². The van der Waals surface area contributed by atoms with Gasteiger partial charge in [0, 0.05) is 19.1 Å². The summed E-state index contributed by atoms with van der Waals surface area (Å²) in [6.07, 6.45) is 6.72. The van der Waals surface area contributed by atoms with Crippen LogP contribution in [0.2, 0.25) is 0 Å². The average molecular weight is 251 g/mol. The molecule has 4 heteroatoms. The van der Waals surface area contributed by atoms with E-state index in [1.165, 1.54) is 32.2 Å². The summed E-state index contributed by atoms with van der Waals surface area (Å²) in [5, 5.41) is 3.62. The fourth-order valence-corrected chi connectivity index (χ4v) is 2.63. The van der Waals surface area contributed by atoms with E-state index in [9.17, 15) is 0 Å². The summed E-state index contributed by atoms with van der Waals surface area (Å²) < 4.78 is 5.28. The number of rotatable bonds is 6. The van der Waals surface area contributed by atoms with Gasteiger partial charge in [0.1, 0.15) is 5.76 Å². The predicted molar refractivity (Wildman–Crippen MR) is 72.4 cm³/mol. The maximum absolute atomic E-state index is 5.28. The summed E-state index contributed by atoms with van der Waals surface area (Å²) in [5.74, 6) is 0.952. The van der Waals surface area contributed by atoms with Gasteiger partial charge < -0.3 is 9.73 Å². The minimum absolute atomic E-state index is 0.650. The van der Waals surface area contributed by atoms with Gasteiger partial charge in [-0.25, -0.2) is 4.98 Å². The zero-order valence-electron chi connectivity index (χ0n) is 11.6. The molecular weight excluding hydrogens is 226 g/mol. The van der Waals surface area contributed by atoms with Gasteiger partial charge in [0.15, 0.2) is 6.39 Å². The lowest BCUT2D eigenvalue weighted by Crippen LogP contribution is -2.43. The van der Waals surface area contributed by atoms with Gasteiger partial charge in [-0.1, -0.05) is 13.3 Å². The Labute approximate surface area is 110 Å². The van der Waals surface area contributed by atoms with Crippen LogP contribution in [-0.2, 0) is 6.54 Å². The van der Waals surface area contributed by atoms with E-state index in [0.717, 1.165) is 31.1 Å². The molecule has 1 aromatic rings. The van der Waals surface area contributed by atoms with Crippen molar-refractivity contribution in [3.63, 3.8) is 0 Å². The average Bonchev–Trinajstić information content (AvgIpc) is 2.77. The van der Waals surface area contributed by atoms with E-state index >= 15 is 0 Å². The van der Waals surface area contributed by atoms with Crippen LogP contribution in [0.4, 0.5) is 0 Å². The van der Waals surface area contributed by atoms with Gasteiger partial charge in [-0.15, -0.1) is 0 Å². The van der Waals surface area contributed by atoms with Crippen LogP contribution in [0.15, 0.2) is 10.8 Å². The van der Waals surface area contributed by atoms with Crippen LogP contribution in [0, 0.1) is 6.92 Å². The van der Waals surface area contributed by atoms with Crippen molar-refractivity contribution in [1.82, 2.24) is 15.2 Å². The van der Waals surface area contributed by atoms with Crippen molar-refractivity contribution >= 4 is 0 Å². The first-order valence-electron chi connectivity index (χ1n) is 7.14. The Kier molecular flexibility index (Phi) is 5.20. The highest BCUT2D eigenvalue weighted by molar-refractivity contribution is 5.04. The van der Waals surface area contributed by atoms with E-state index in [1.54, 1.807) is 6.39 Å². The first kappa shape index (κ1) is 13.6. The third kappa shape index (κ3) is 3.82. The van der Waals surface area contributed by atoms with Crippen LogP contribution in [0.1, 0.15) is 44.1 Å². The molecule has 4 nitrogen and oxygen atoms in total. The minimum Gasteiger partial charge on any atom is -0.448 e. The molecule has 2 heterocycles. The second kappa shape index (κ2) is 6.90. The number of nitrogens with zero attached hydrogens (tertiary/aromatic N) is 2. The number of nitrogens with one attached hydrogen (secondary N) is 1. The van der Waals surface area contributed by atoms with Crippen molar-refractivity contribution in [3.05, 3.63) is 17.8 Å². The highest BCUT2D eigenvalue weighted by atomic mass is 16.3. The molecule has 1 aliphatic heterocycles. The fourth-order valence-electron chi connectivity index (χ4n) is 2.63. The van der Waals surface area contributed by atoms with Crippen molar-refractivity contribution in [2.45, 2.75) is 52.1 Å². The zero-order chi connectivity index (χ0) is 12.8. The number of hydrogen-bond donors (Lipinski definition) is 1. The van der Waals surface area contributed by atoms with E-state index in [0.29, 0.717) is 6.04 Å². The SMILES string of the molecule is CCCN(Cc1ncoc1C)CC1CCCCN1. The first-order valence-corrected chi connectivity index (χ1v) is 7.14. The molecular formula is C14H25N3O. The lowest BCUT2D eigenvalue weighted by molar-refractivity contribution is 0.214. The molecule has 0 aromatic carbocycles. The van der Waals surface area contributed by atoms with Gasteiger partial charge in [-0.05, 0) is 39.3 Å². The summed E-state index contributed by atoms with van der Waals surface area (Å²) in [7, 11) is 0. The van der Waals surface area contributed by atoms with Crippen LogP contribution in [0.5, 0.6) is 0 Å². The van der Waals surface area contributed by atoms with Gasteiger partial charge in [0.25, 0.3) is 0 Å². The van der Waals surface area contributed by atoms with Crippen LogP contribution in [-0.4, -0.2) is 35.6 Å². The Hall–Kier alpha value is -0.870. The maximum Gasteiger partial charge on any atom is 0.181 e. The van der Waals surface area contributed by atoms with Crippen molar-refractivity contribution < 1.29 is 4.42 Å². The number of aryl methyl sites for hydroxylation is 1. The fraction of sp³-hybridized carbons (Fsp3) is 0.786. The van der Waals surface area contributed by atoms with Gasteiger partial charge in [0.05, 0.1) is 5.69 Å². The van der Waals surface area contributed by atoms with Crippen LogP contribution < -0.4 is 5.32 Å². The summed E-state index contributed by atoms with van der Waals surface area (Å²) in [6.45, 7) is 8.56. The molecule has 102 valence electrons. The summed E-state index contributed by atoms with van der Waals surface area (Å²) in [6, 6.07) is 0.650. The molecule has 1 atom stereocenters. The largest absolute Gasteiger partial charge is 0.448 e. The molecule has 0 radical (unpaired) electrons. The highest BCUT2D eigenvalue weighted by Crippen LogP contribution is 2.13. The topological polar surface area (TPSA) is 41.3 Å². The number of aromatic nitrogens is 1. The molecule has 0 amide bonds. The second-order valence-electron chi connectivity index (χ2n) is 5.24. The zero-order valence-corrected chi connectivity index (χ0v) is 11.6. The molecule has 1 aromatic heterocycles. The van der Waals surface area contributed by atoms with Crippen molar-refractivity contribution in [2.75, 3.05) is 19.6 Å². The quantitative estimate of drug-likeness (QED) is 0.842. The molecule has 1 N–H and O–H groups in total. The van der Waals surface area contributed by atoms with Gasteiger partial charge >= 0.3 is 0 Å².